The maximum absolute atomic E-state index is 12.5. The zero-order valence-corrected chi connectivity index (χ0v) is 18.6. The first-order valence-electron chi connectivity index (χ1n) is 10.4. The first kappa shape index (κ1) is 22.6. The topological polar surface area (TPSA) is 107 Å². The molecule has 4 aromatic rings. The van der Waals surface area contributed by atoms with Crippen LogP contribution in [0, 0.1) is 0 Å². The molecule has 2 N–H and O–H groups in total. The van der Waals surface area contributed by atoms with Crippen molar-refractivity contribution >= 4 is 51.5 Å². The third-order valence-corrected chi connectivity index (χ3v) is 4.95. The van der Waals surface area contributed by atoms with Crippen LogP contribution in [-0.2, 0) is 19.1 Å². The predicted octanol–water partition coefficient (Wildman–Crippen LogP) is 4.25. The van der Waals surface area contributed by atoms with E-state index in [9.17, 15) is 14.4 Å². The summed E-state index contributed by atoms with van der Waals surface area (Å²) in [6.07, 6.45) is 1.47. The molecule has 0 spiro atoms. The van der Waals surface area contributed by atoms with Crippen LogP contribution in [0.2, 0.25) is 0 Å². The minimum atomic E-state index is -0.839. The molecule has 1 heterocycles. The average molecular weight is 458 g/mol. The Hall–Kier alpha value is -4.59. The highest BCUT2D eigenvalue weighted by molar-refractivity contribution is 6.08. The van der Waals surface area contributed by atoms with Gasteiger partial charge in [0.1, 0.15) is 22.6 Å². The number of carbonyl (C=O) groups is 3. The Kier molecular flexibility index (Phi) is 6.59. The predicted molar refractivity (Wildman–Crippen MR) is 128 cm³/mol. The average Bonchev–Trinajstić information content (AvgIpc) is 3.19. The van der Waals surface area contributed by atoms with Crippen molar-refractivity contribution in [1.29, 1.82) is 0 Å². The molecule has 4 rings (SSSR count). The molecule has 0 aliphatic rings. The van der Waals surface area contributed by atoms with Gasteiger partial charge in [0.15, 0.2) is 6.61 Å². The second kappa shape index (κ2) is 9.91. The number of methoxy groups -OCH3 is 1. The van der Waals surface area contributed by atoms with Gasteiger partial charge in [-0.1, -0.05) is 48.5 Å². The van der Waals surface area contributed by atoms with Crippen molar-refractivity contribution in [2.24, 2.45) is 0 Å². The number of esters is 1. The molecule has 2 amide bonds. The van der Waals surface area contributed by atoms with Gasteiger partial charge in [-0.05, 0) is 23.8 Å². The molecule has 0 atom stereocenters. The van der Waals surface area contributed by atoms with Gasteiger partial charge in [0.25, 0.3) is 5.91 Å². The van der Waals surface area contributed by atoms with Crippen molar-refractivity contribution in [1.82, 2.24) is 5.32 Å². The highest BCUT2D eigenvalue weighted by Gasteiger charge is 2.17. The number of hydrogen-bond acceptors (Lipinski definition) is 6. The van der Waals surface area contributed by atoms with E-state index in [0.29, 0.717) is 28.2 Å². The first-order valence-corrected chi connectivity index (χ1v) is 10.4. The number of benzene rings is 3. The van der Waals surface area contributed by atoms with E-state index in [-0.39, 0.29) is 5.70 Å². The maximum Gasteiger partial charge on any atom is 0.355 e. The van der Waals surface area contributed by atoms with Crippen molar-refractivity contribution in [3.63, 3.8) is 0 Å². The molecule has 0 fully saturated rings. The second-order valence-electron chi connectivity index (χ2n) is 7.42. The van der Waals surface area contributed by atoms with Gasteiger partial charge in [0.2, 0.25) is 5.91 Å². The van der Waals surface area contributed by atoms with Crippen molar-refractivity contribution in [2.45, 2.75) is 6.92 Å². The first-order chi connectivity index (χ1) is 16.4. The van der Waals surface area contributed by atoms with E-state index in [1.807, 2.05) is 30.3 Å². The van der Waals surface area contributed by atoms with Crippen molar-refractivity contribution < 1.29 is 28.3 Å². The van der Waals surface area contributed by atoms with Gasteiger partial charge >= 0.3 is 5.97 Å². The monoisotopic (exact) mass is 458 g/mol. The van der Waals surface area contributed by atoms with E-state index in [1.165, 1.54) is 20.1 Å². The molecular formula is C26H22N2O6. The Labute approximate surface area is 195 Å². The van der Waals surface area contributed by atoms with E-state index in [4.69, 9.17) is 13.9 Å². The van der Waals surface area contributed by atoms with Crippen LogP contribution in [0.4, 0.5) is 5.69 Å². The van der Waals surface area contributed by atoms with Gasteiger partial charge in [-0.3, -0.25) is 9.59 Å². The third kappa shape index (κ3) is 5.07. The highest BCUT2D eigenvalue weighted by atomic mass is 16.5. The zero-order valence-electron chi connectivity index (χ0n) is 18.6. The number of nitrogens with one attached hydrogen (secondary N) is 2. The molecular weight excluding hydrogens is 436 g/mol. The van der Waals surface area contributed by atoms with Gasteiger partial charge in [-0.2, -0.15) is 0 Å². The van der Waals surface area contributed by atoms with Crippen LogP contribution in [0.3, 0.4) is 0 Å². The smallest absolute Gasteiger partial charge is 0.355 e. The van der Waals surface area contributed by atoms with E-state index in [0.717, 1.165) is 10.8 Å². The van der Waals surface area contributed by atoms with Gasteiger partial charge in [0.05, 0.1) is 12.8 Å². The van der Waals surface area contributed by atoms with Crippen LogP contribution in [-0.4, -0.2) is 31.5 Å². The van der Waals surface area contributed by atoms with Crippen LogP contribution >= 0.6 is 0 Å². The van der Waals surface area contributed by atoms with Gasteiger partial charge in [-0.15, -0.1) is 0 Å². The van der Waals surface area contributed by atoms with Crippen LogP contribution in [0.25, 0.3) is 28.0 Å². The standard InChI is InChI=1S/C26H22N2O6/c1-16(29)27-21(12-17-8-4-3-5-9-17)26(31)33-15-25(30)28-20-14-23-19(13-24(20)32-2)18-10-6-7-11-22(18)34-23/h3-14H,15H2,1-2H3,(H,27,29)(H,28,30). The number of ether oxygens (including phenoxy) is 2. The van der Waals surface area contributed by atoms with E-state index < -0.39 is 24.4 Å². The SMILES string of the molecule is COc1cc2c(cc1NC(=O)COC(=O)C(=Cc1ccccc1)NC(C)=O)oc1ccccc12. The number of amides is 2. The fourth-order valence-electron chi connectivity index (χ4n) is 3.46. The number of para-hydroxylation sites is 1. The number of furan rings is 1. The van der Waals surface area contributed by atoms with E-state index in [1.54, 1.807) is 36.4 Å². The number of hydrogen-bond donors (Lipinski definition) is 2. The summed E-state index contributed by atoms with van der Waals surface area (Å²) in [4.78, 5) is 36.5. The molecule has 0 bridgehead atoms. The summed E-state index contributed by atoms with van der Waals surface area (Å²) in [5, 5.41) is 6.89. The van der Waals surface area contributed by atoms with Gasteiger partial charge in [0, 0.05) is 23.8 Å². The normalized spacial score (nSPS) is 11.3. The minimum absolute atomic E-state index is 0.0761. The summed E-state index contributed by atoms with van der Waals surface area (Å²) in [5.74, 6) is -1.42. The molecule has 8 heteroatoms. The summed E-state index contributed by atoms with van der Waals surface area (Å²) >= 11 is 0. The largest absolute Gasteiger partial charge is 0.495 e. The van der Waals surface area contributed by atoms with Crippen LogP contribution in [0.15, 0.2) is 76.8 Å². The molecule has 0 aliphatic carbocycles. The molecule has 0 radical (unpaired) electrons. The molecule has 34 heavy (non-hydrogen) atoms. The lowest BCUT2D eigenvalue weighted by Gasteiger charge is -2.12. The number of fused-ring (bicyclic) bond motifs is 3. The van der Waals surface area contributed by atoms with Crippen LogP contribution in [0.5, 0.6) is 5.75 Å². The van der Waals surface area contributed by atoms with Crippen LogP contribution < -0.4 is 15.4 Å². The Bertz CT molecular complexity index is 1410. The van der Waals surface area contributed by atoms with Gasteiger partial charge < -0.3 is 24.5 Å². The third-order valence-electron chi connectivity index (χ3n) is 4.95. The fourth-order valence-corrected chi connectivity index (χ4v) is 3.46. The lowest BCUT2D eigenvalue weighted by molar-refractivity contribution is -0.144. The molecule has 3 aromatic carbocycles. The van der Waals surface area contributed by atoms with Gasteiger partial charge in [-0.25, -0.2) is 4.79 Å². The number of anilines is 1. The second-order valence-corrected chi connectivity index (χ2v) is 7.42. The summed E-state index contributed by atoms with van der Waals surface area (Å²) in [7, 11) is 1.49. The Morgan fingerprint density at radius 3 is 2.41 bits per heavy atom. The maximum atomic E-state index is 12.5. The molecule has 1 aromatic heterocycles. The molecule has 0 saturated carbocycles. The lowest BCUT2D eigenvalue weighted by atomic mass is 10.1. The summed E-state index contributed by atoms with van der Waals surface area (Å²) in [6.45, 7) is 0.713. The van der Waals surface area contributed by atoms with Crippen molar-refractivity contribution in [3.05, 3.63) is 78.0 Å². The minimum Gasteiger partial charge on any atom is -0.495 e. The molecule has 0 aliphatic heterocycles. The quantitative estimate of drug-likeness (QED) is 0.317. The molecule has 172 valence electrons. The van der Waals surface area contributed by atoms with Crippen molar-refractivity contribution in [3.8, 4) is 5.75 Å². The highest BCUT2D eigenvalue weighted by Crippen LogP contribution is 2.36. The summed E-state index contributed by atoms with van der Waals surface area (Å²) in [6, 6.07) is 20.0. The number of carbonyl (C=O) groups excluding carboxylic acids is 3. The zero-order chi connectivity index (χ0) is 24.1. The Morgan fingerprint density at radius 1 is 0.941 bits per heavy atom. The van der Waals surface area contributed by atoms with Crippen molar-refractivity contribution in [2.75, 3.05) is 19.0 Å². The Morgan fingerprint density at radius 2 is 1.68 bits per heavy atom. The van der Waals surface area contributed by atoms with Crippen LogP contribution in [0.1, 0.15) is 12.5 Å². The molecule has 0 saturated heterocycles. The summed E-state index contributed by atoms with van der Waals surface area (Å²) < 4.78 is 16.4. The molecule has 0 unspecified atom stereocenters. The summed E-state index contributed by atoms with van der Waals surface area (Å²) in [5.41, 5.74) is 2.28. The van der Waals surface area contributed by atoms with E-state index in [2.05, 4.69) is 10.6 Å². The molecule has 8 nitrogen and oxygen atoms in total. The Balaban J connectivity index is 1.48. The fraction of sp³-hybridized carbons (Fsp3) is 0.115. The lowest BCUT2D eigenvalue weighted by Crippen LogP contribution is -2.29. The number of rotatable bonds is 7. The van der Waals surface area contributed by atoms with E-state index >= 15 is 0 Å².